The summed E-state index contributed by atoms with van der Waals surface area (Å²) in [4.78, 5) is 12.8. The summed E-state index contributed by atoms with van der Waals surface area (Å²) >= 11 is 0. The van der Waals surface area contributed by atoms with Crippen LogP contribution in [0.1, 0.15) is 12.8 Å². The van der Waals surface area contributed by atoms with Crippen LogP contribution in [0.15, 0.2) is 18.2 Å². The number of nitro benzene ring substituents is 1. The van der Waals surface area contributed by atoms with E-state index in [1.807, 2.05) is 6.07 Å². The predicted molar refractivity (Wildman–Crippen MR) is 74.9 cm³/mol. The van der Waals surface area contributed by atoms with Gasteiger partial charge in [0, 0.05) is 50.3 Å². The molecule has 1 N–H and O–H groups in total. The Labute approximate surface area is 112 Å². The second kappa shape index (κ2) is 5.88. The number of methoxy groups -OCH3 is 1. The minimum Gasteiger partial charge on any atom is -0.388 e. The second-order valence-corrected chi connectivity index (χ2v) is 4.66. The summed E-state index contributed by atoms with van der Waals surface area (Å²) in [6.45, 7) is 1.37. The third-order valence-electron chi connectivity index (χ3n) is 3.26. The van der Waals surface area contributed by atoms with Gasteiger partial charge in [-0.05, 0) is 18.9 Å². The predicted octanol–water partition coefficient (Wildman–Crippen LogP) is 2.25. The Morgan fingerprint density at radius 3 is 2.74 bits per heavy atom. The molecule has 0 spiro atoms. The normalized spacial score (nSPS) is 14.2. The summed E-state index contributed by atoms with van der Waals surface area (Å²) in [6, 6.07) is 5.61. The van der Waals surface area contributed by atoms with Crippen molar-refractivity contribution < 1.29 is 9.66 Å². The highest BCUT2D eigenvalue weighted by atomic mass is 16.6. The van der Waals surface area contributed by atoms with E-state index < -0.39 is 0 Å². The largest absolute Gasteiger partial charge is 0.388 e. The molecule has 0 radical (unpaired) electrons. The minimum absolute atomic E-state index is 0.116. The molecular formula is C13H19N3O3. The Bertz CT molecular complexity index is 460. The molecule has 0 saturated heterocycles. The van der Waals surface area contributed by atoms with Gasteiger partial charge in [0.25, 0.3) is 5.69 Å². The highest BCUT2D eigenvalue weighted by Crippen LogP contribution is 2.34. The quantitative estimate of drug-likeness (QED) is 0.605. The SMILES string of the molecule is CNc1cc(N(CCOC)C2CC2)cc([N+](=O)[O-])c1. The fraction of sp³-hybridized carbons (Fsp3) is 0.538. The second-order valence-electron chi connectivity index (χ2n) is 4.66. The monoisotopic (exact) mass is 265 g/mol. The number of nitrogens with zero attached hydrogens (tertiary/aromatic N) is 2. The lowest BCUT2D eigenvalue weighted by Crippen LogP contribution is -2.29. The lowest BCUT2D eigenvalue weighted by atomic mass is 10.2. The zero-order valence-electron chi connectivity index (χ0n) is 11.3. The standard InChI is InChI=1S/C13H19N3O3/c1-14-10-7-12(9-13(8-10)16(17)18)15(5-6-19-2)11-3-4-11/h7-9,11,14H,3-6H2,1-2H3. The molecule has 1 aliphatic rings. The molecule has 1 aromatic rings. The third-order valence-corrected chi connectivity index (χ3v) is 3.26. The molecule has 0 aromatic heterocycles. The zero-order valence-corrected chi connectivity index (χ0v) is 11.3. The average molecular weight is 265 g/mol. The van der Waals surface area contributed by atoms with Gasteiger partial charge in [-0.1, -0.05) is 0 Å². The van der Waals surface area contributed by atoms with Crippen LogP contribution in [0.4, 0.5) is 17.1 Å². The molecule has 6 nitrogen and oxygen atoms in total. The van der Waals surface area contributed by atoms with Crippen molar-refractivity contribution in [1.29, 1.82) is 0 Å². The number of non-ortho nitro benzene ring substituents is 1. The highest BCUT2D eigenvalue weighted by Gasteiger charge is 2.30. The van der Waals surface area contributed by atoms with Crippen LogP contribution in [0.5, 0.6) is 0 Å². The maximum Gasteiger partial charge on any atom is 0.273 e. The van der Waals surface area contributed by atoms with Gasteiger partial charge >= 0.3 is 0 Å². The van der Waals surface area contributed by atoms with Gasteiger partial charge in [0.05, 0.1) is 11.5 Å². The van der Waals surface area contributed by atoms with E-state index in [0.29, 0.717) is 12.6 Å². The molecule has 0 heterocycles. The van der Waals surface area contributed by atoms with Crippen molar-refractivity contribution in [1.82, 2.24) is 0 Å². The van der Waals surface area contributed by atoms with Crippen molar-refractivity contribution in [2.75, 3.05) is 37.5 Å². The Morgan fingerprint density at radius 2 is 2.21 bits per heavy atom. The molecule has 0 aliphatic heterocycles. The van der Waals surface area contributed by atoms with Crippen LogP contribution in [0.3, 0.4) is 0 Å². The molecule has 1 aromatic carbocycles. The van der Waals surface area contributed by atoms with E-state index in [-0.39, 0.29) is 10.6 Å². The van der Waals surface area contributed by atoms with Gasteiger partial charge in [-0.3, -0.25) is 10.1 Å². The molecule has 19 heavy (non-hydrogen) atoms. The van der Waals surface area contributed by atoms with E-state index in [2.05, 4.69) is 10.2 Å². The molecular weight excluding hydrogens is 246 g/mol. The van der Waals surface area contributed by atoms with Gasteiger partial charge in [0.15, 0.2) is 0 Å². The molecule has 1 fully saturated rings. The van der Waals surface area contributed by atoms with E-state index in [4.69, 9.17) is 4.74 Å². The highest BCUT2D eigenvalue weighted by molar-refractivity contribution is 5.65. The van der Waals surface area contributed by atoms with Gasteiger partial charge in [-0.2, -0.15) is 0 Å². The molecule has 104 valence electrons. The average Bonchev–Trinajstić information content (AvgIpc) is 3.23. The summed E-state index contributed by atoms with van der Waals surface area (Å²) in [5.41, 5.74) is 1.76. The first-order valence-corrected chi connectivity index (χ1v) is 6.38. The van der Waals surface area contributed by atoms with Crippen LogP contribution < -0.4 is 10.2 Å². The molecule has 2 rings (SSSR count). The number of hydrogen-bond donors (Lipinski definition) is 1. The summed E-state index contributed by atoms with van der Waals surface area (Å²) in [7, 11) is 3.43. The number of nitro groups is 1. The van der Waals surface area contributed by atoms with E-state index in [1.165, 1.54) is 0 Å². The third kappa shape index (κ3) is 3.35. The van der Waals surface area contributed by atoms with Crippen LogP contribution in [0.25, 0.3) is 0 Å². The Morgan fingerprint density at radius 1 is 1.47 bits per heavy atom. The van der Waals surface area contributed by atoms with Gasteiger partial charge in [-0.15, -0.1) is 0 Å². The molecule has 0 bridgehead atoms. The molecule has 0 amide bonds. The van der Waals surface area contributed by atoms with Crippen LogP contribution >= 0.6 is 0 Å². The number of nitrogens with one attached hydrogen (secondary N) is 1. The lowest BCUT2D eigenvalue weighted by Gasteiger charge is -2.24. The van der Waals surface area contributed by atoms with Crippen molar-refractivity contribution in [3.05, 3.63) is 28.3 Å². The fourth-order valence-corrected chi connectivity index (χ4v) is 2.11. The number of rotatable bonds is 7. The van der Waals surface area contributed by atoms with Crippen LogP contribution in [-0.2, 0) is 4.74 Å². The topological polar surface area (TPSA) is 67.6 Å². The van der Waals surface area contributed by atoms with Crippen LogP contribution in [-0.4, -0.2) is 38.3 Å². The molecule has 0 unspecified atom stereocenters. The fourth-order valence-electron chi connectivity index (χ4n) is 2.11. The van der Waals surface area contributed by atoms with Crippen molar-refractivity contribution in [2.45, 2.75) is 18.9 Å². The van der Waals surface area contributed by atoms with Gasteiger partial charge < -0.3 is 15.0 Å². The Balaban J connectivity index is 2.29. The van der Waals surface area contributed by atoms with Crippen LogP contribution in [0.2, 0.25) is 0 Å². The maximum atomic E-state index is 11.0. The first-order valence-electron chi connectivity index (χ1n) is 6.38. The number of hydrogen-bond acceptors (Lipinski definition) is 5. The van der Waals surface area contributed by atoms with Crippen molar-refractivity contribution in [2.24, 2.45) is 0 Å². The van der Waals surface area contributed by atoms with E-state index in [1.54, 1.807) is 26.3 Å². The summed E-state index contributed by atoms with van der Waals surface area (Å²) in [5, 5.41) is 13.9. The Hall–Kier alpha value is -1.82. The number of anilines is 2. The summed E-state index contributed by atoms with van der Waals surface area (Å²) in [6.07, 6.45) is 2.28. The molecule has 0 atom stereocenters. The van der Waals surface area contributed by atoms with E-state index >= 15 is 0 Å². The molecule has 1 saturated carbocycles. The first kappa shape index (κ1) is 13.6. The maximum absolute atomic E-state index is 11.0. The van der Waals surface area contributed by atoms with Crippen molar-refractivity contribution in [3.63, 3.8) is 0 Å². The van der Waals surface area contributed by atoms with Crippen molar-refractivity contribution in [3.8, 4) is 0 Å². The van der Waals surface area contributed by atoms with E-state index in [0.717, 1.165) is 30.8 Å². The number of benzene rings is 1. The smallest absolute Gasteiger partial charge is 0.273 e. The lowest BCUT2D eigenvalue weighted by molar-refractivity contribution is -0.384. The van der Waals surface area contributed by atoms with Gasteiger partial charge in [0.2, 0.25) is 0 Å². The molecule has 6 heteroatoms. The van der Waals surface area contributed by atoms with E-state index in [9.17, 15) is 10.1 Å². The summed E-state index contributed by atoms with van der Waals surface area (Å²) in [5.74, 6) is 0. The molecule has 1 aliphatic carbocycles. The summed E-state index contributed by atoms with van der Waals surface area (Å²) < 4.78 is 5.11. The minimum atomic E-state index is -0.355. The van der Waals surface area contributed by atoms with Crippen LogP contribution in [0, 0.1) is 10.1 Å². The Kier molecular flexibility index (Phi) is 4.21. The first-order chi connectivity index (χ1) is 9.15. The van der Waals surface area contributed by atoms with Gasteiger partial charge in [-0.25, -0.2) is 0 Å². The zero-order chi connectivity index (χ0) is 13.8. The number of ether oxygens (including phenoxy) is 1. The van der Waals surface area contributed by atoms with Crippen molar-refractivity contribution >= 4 is 17.1 Å². The van der Waals surface area contributed by atoms with Gasteiger partial charge in [0.1, 0.15) is 0 Å².